The maximum Gasteiger partial charge on any atom is 0.247 e. The van der Waals surface area contributed by atoms with E-state index in [9.17, 15) is 9.59 Å². The smallest absolute Gasteiger partial charge is 0.247 e. The fourth-order valence-electron chi connectivity index (χ4n) is 4.43. The van der Waals surface area contributed by atoms with Gasteiger partial charge in [-0.1, -0.05) is 46.4 Å². The Labute approximate surface area is 184 Å². The molecule has 1 heterocycles. The van der Waals surface area contributed by atoms with E-state index in [4.69, 9.17) is 81.2 Å². The Kier molecular flexibility index (Phi) is 4.29. The number of hydrogen-bond acceptors (Lipinski definition) is 3. The standard InChI is InChI=1S/C15H11Cl7N2O2/c1-23-2-4-24(5-3-23)11(26)15(22)13-10(25)6(16)7(17)12(13,20)8(18)9(19)14(13,15)21/h2-5H2,1H3/t12-,13?,14-,15+/m0/s1. The molecule has 1 saturated heterocycles. The van der Waals surface area contributed by atoms with Crippen LogP contribution in [0.15, 0.2) is 20.1 Å². The lowest BCUT2D eigenvalue weighted by Gasteiger charge is -2.36. The Morgan fingerprint density at radius 2 is 1.46 bits per heavy atom. The Hall–Kier alpha value is 0.610. The second-order valence-corrected chi connectivity index (χ2v) is 10.1. The van der Waals surface area contributed by atoms with Gasteiger partial charge >= 0.3 is 0 Å². The molecule has 4 nitrogen and oxygen atoms in total. The third-order valence-electron chi connectivity index (χ3n) is 5.88. The molecule has 26 heavy (non-hydrogen) atoms. The first-order valence-corrected chi connectivity index (χ1v) is 10.3. The van der Waals surface area contributed by atoms with Crippen molar-refractivity contribution < 1.29 is 9.59 Å². The molecule has 11 heteroatoms. The first-order valence-electron chi connectivity index (χ1n) is 7.67. The van der Waals surface area contributed by atoms with E-state index in [0.29, 0.717) is 26.2 Å². The van der Waals surface area contributed by atoms with Gasteiger partial charge in [0, 0.05) is 26.2 Å². The summed E-state index contributed by atoms with van der Waals surface area (Å²) in [5, 5.41) is -0.829. The van der Waals surface area contributed by atoms with Gasteiger partial charge in [-0.25, -0.2) is 0 Å². The predicted molar refractivity (Wildman–Crippen MR) is 105 cm³/mol. The van der Waals surface area contributed by atoms with Gasteiger partial charge in [0.15, 0.2) is 10.7 Å². The minimum atomic E-state index is -1.93. The zero-order valence-corrected chi connectivity index (χ0v) is 18.5. The van der Waals surface area contributed by atoms with Gasteiger partial charge in [-0.15, -0.1) is 34.8 Å². The minimum Gasteiger partial charge on any atom is -0.338 e. The largest absolute Gasteiger partial charge is 0.338 e. The van der Waals surface area contributed by atoms with Crippen molar-refractivity contribution in [1.82, 2.24) is 9.80 Å². The van der Waals surface area contributed by atoms with Crippen molar-refractivity contribution in [2.24, 2.45) is 5.41 Å². The number of amides is 1. The van der Waals surface area contributed by atoms with E-state index in [2.05, 4.69) is 4.90 Å². The average molecular weight is 499 g/mol. The molecule has 1 amide bonds. The van der Waals surface area contributed by atoms with Crippen LogP contribution in [0.2, 0.25) is 0 Å². The van der Waals surface area contributed by atoms with Crippen LogP contribution in [-0.4, -0.2) is 69.3 Å². The number of carbonyl (C=O) groups is 2. The molecule has 2 fully saturated rings. The monoisotopic (exact) mass is 496 g/mol. The number of allylic oxidation sites excluding steroid dienone is 4. The zero-order valence-electron chi connectivity index (χ0n) is 13.2. The van der Waals surface area contributed by atoms with Crippen LogP contribution in [0.3, 0.4) is 0 Å². The number of ketones is 1. The molecule has 0 N–H and O–H groups in total. The summed E-state index contributed by atoms with van der Waals surface area (Å²) in [7, 11) is 1.94. The Bertz CT molecular complexity index is 836. The number of hydrogen-bond donors (Lipinski definition) is 0. The molecule has 0 bridgehead atoms. The highest BCUT2D eigenvalue weighted by Crippen LogP contribution is 2.91. The number of alkyl halides is 3. The summed E-state index contributed by atoms with van der Waals surface area (Å²) < 4.78 is 0. The van der Waals surface area contributed by atoms with Crippen molar-refractivity contribution in [2.45, 2.75) is 14.6 Å². The fraction of sp³-hybridized carbons (Fsp3) is 0.600. The first-order chi connectivity index (χ1) is 12.0. The molecule has 1 spiro atoms. The number of carbonyl (C=O) groups excluding carboxylic acids is 2. The number of likely N-dealkylation sites (N-methyl/N-ethyl adjacent to an activating group) is 1. The van der Waals surface area contributed by atoms with E-state index in [1.54, 1.807) is 4.90 Å². The molecule has 0 radical (unpaired) electrons. The zero-order chi connectivity index (χ0) is 19.4. The molecule has 0 aromatic rings. The quantitative estimate of drug-likeness (QED) is 0.518. The second kappa shape index (κ2) is 5.60. The molecular weight excluding hydrogens is 488 g/mol. The van der Waals surface area contributed by atoms with Crippen LogP contribution in [0, 0.1) is 5.41 Å². The van der Waals surface area contributed by atoms with Crippen molar-refractivity contribution in [2.75, 3.05) is 33.2 Å². The summed E-state index contributed by atoms with van der Waals surface area (Å²) in [6.07, 6.45) is 0. The van der Waals surface area contributed by atoms with E-state index in [0.717, 1.165) is 0 Å². The van der Waals surface area contributed by atoms with Crippen LogP contribution in [0.25, 0.3) is 0 Å². The van der Waals surface area contributed by atoms with Gasteiger partial charge in [0.1, 0.15) is 20.2 Å². The van der Waals surface area contributed by atoms with E-state index in [-0.39, 0.29) is 20.1 Å². The molecule has 0 aromatic carbocycles. The van der Waals surface area contributed by atoms with Crippen LogP contribution >= 0.6 is 81.2 Å². The van der Waals surface area contributed by atoms with Crippen molar-refractivity contribution in [3.8, 4) is 0 Å². The maximum absolute atomic E-state index is 13.3. The second-order valence-electron chi connectivity index (χ2n) is 6.91. The van der Waals surface area contributed by atoms with Crippen molar-refractivity contribution >= 4 is 92.9 Å². The number of piperazine rings is 1. The molecule has 142 valence electrons. The van der Waals surface area contributed by atoms with Crippen LogP contribution in [0.1, 0.15) is 0 Å². The average Bonchev–Trinajstić information content (AvgIpc) is 2.98. The van der Waals surface area contributed by atoms with E-state index >= 15 is 0 Å². The van der Waals surface area contributed by atoms with Gasteiger partial charge in [-0.2, -0.15) is 0 Å². The van der Waals surface area contributed by atoms with Gasteiger partial charge in [0.25, 0.3) is 0 Å². The summed E-state index contributed by atoms with van der Waals surface area (Å²) in [5.41, 5.74) is -1.86. The van der Waals surface area contributed by atoms with Crippen LogP contribution < -0.4 is 0 Å². The lowest BCUT2D eigenvalue weighted by Crippen LogP contribution is -2.53. The van der Waals surface area contributed by atoms with Crippen LogP contribution in [-0.2, 0) is 9.59 Å². The van der Waals surface area contributed by atoms with Crippen molar-refractivity contribution in [1.29, 1.82) is 0 Å². The lowest BCUT2D eigenvalue weighted by atomic mass is 9.88. The minimum absolute atomic E-state index is 0.132. The van der Waals surface area contributed by atoms with Crippen molar-refractivity contribution in [3.63, 3.8) is 0 Å². The highest BCUT2D eigenvalue weighted by molar-refractivity contribution is 6.69. The Morgan fingerprint density at radius 3 is 2.00 bits per heavy atom. The third-order valence-corrected chi connectivity index (χ3v) is 10.4. The normalized spacial score (nSPS) is 45.4. The molecule has 1 unspecified atom stereocenters. The van der Waals surface area contributed by atoms with E-state index < -0.39 is 31.7 Å². The lowest BCUT2D eigenvalue weighted by molar-refractivity contribution is -0.135. The molecular formula is C15H11Cl7N2O2. The van der Waals surface area contributed by atoms with Gasteiger partial charge < -0.3 is 9.80 Å². The highest BCUT2D eigenvalue weighted by Gasteiger charge is 3.05. The summed E-state index contributed by atoms with van der Waals surface area (Å²) >= 11 is 45.2. The number of halogens is 7. The summed E-state index contributed by atoms with van der Waals surface area (Å²) in [4.78, 5) is 24.4. The van der Waals surface area contributed by atoms with Gasteiger partial charge in [-0.3, -0.25) is 9.59 Å². The molecule has 3 aliphatic carbocycles. The third kappa shape index (κ3) is 1.67. The van der Waals surface area contributed by atoms with Gasteiger partial charge in [0.05, 0.1) is 15.1 Å². The number of rotatable bonds is 1. The van der Waals surface area contributed by atoms with E-state index in [1.807, 2.05) is 7.05 Å². The Morgan fingerprint density at radius 1 is 0.923 bits per heavy atom. The highest BCUT2D eigenvalue weighted by atomic mass is 35.5. The number of nitrogens with zero attached hydrogens (tertiary/aromatic N) is 2. The number of Topliss-reactive ketones (excluding diaryl/α,β-unsaturated/α-hetero) is 1. The van der Waals surface area contributed by atoms with Gasteiger partial charge in [-0.05, 0) is 7.05 Å². The predicted octanol–water partition coefficient (Wildman–Crippen LogP) is 3.67. The van der Waals surface area contributed by atoms with E-state index in [1.165, 1.54) is 0 Å². The fourth-order valence-corrected chi connectivity index (χ4v) is 8.10. The van der Waals surface area contributed by atoms with Crippen LogP contribution in [0.5, 0.6) is 0 Å². The van der Waals surface area contributed by atoms with Gasteiger partial charge in [0.2, 0.25) is 5.91 Å². The SMILES string of the molecule is CN1CCN(C(=O)[C@@]2(Cl)C34C(=O)C(Cl)=C(Cl)[C@]3(Cl)C(Cl)=C(Cl)[C@]42Cl)CC1. The maximum atomic E-state index is 13.3. The van der Waals surface area contributed by atoms with Crippen molar-refractivity contribution in [3.05, 3.63) is 20.1 Å². The topological polar surface area (TPSA) is 40.6 Å². The summed E-state index contributed by atoms with van der Waals surface area (Å²) in [6, 6.07) is 0. The molecule has 4 aliphatic rings. The molecule has 1 saturated carbocycles. The molecule has 1 aliphatic heterocycles. The first kappa shape index (κ1) is 19.9. The molecule has 4 rings (SSSR count). The summed E-state index contributed by atoms with van der Waals surface area (Å²) in [6.45, 7) is 2.18. The molecule has 4 atom stereocenters. The Balaban J connectivity index is 1.87. The van der Waals surface area contributed by atoms with Crippen LogP contribution in [0.4, 0.5) is 0 Å². The summed E-state index contributed by atoms with van der Waals surface area (Å²) in [5.74, 6) is -1.25. The molecule has 0 aromatic heterocycles.